The van der Waals surface area contributed by atoms with Crippen LogP contribution in [0.15, 0.2) is 33.0 Å². The third-order valence-corrected chi connectivity index (χ3v) is 4.12. The number of benzene rings is 1. The Morgan fingerprint density at radius 2 is 2.26 bits per heavy atom. The molecule has 1 aliphatic carbocycles. The SMILES string of the molecule is Cc1cc(Sc2n[nH]c(=O)n2C2CC2)ccc1C=O. The zero-order valence-corrected chi connectivity index (χ0v) is 11.2. The summed E-state index contributed by atoms with van der Waals surface area (Å²) in [4.78, 5) is 23.4. The van der Waals surface area contributed by atoms with Gasteiger partial charge in [-0.1, -0.05) is 6.07 Å². The molecule has 2 aromatic rings. The Labute approximate surface area is 114 Å². The third-order valence-electron chi connectivity index (χ3n) is 3.16. The molecule has 1 saturated carbocycles. The van der Waals surface area contributed by atoms with Crippen molar-refractivity contribution in [1.29, 1.82) is 0 Å². The number of nitrogens with one attached hydrogen (secondary N) is 1. The number of carbonyl (C=O) groups is 1. The lowest BCUT2D eigenvalue weighted by Crippen LogP contribution is -2.15. The number of nitrogens with zero attached hydrogens (tertiary/aromatic N) is 2. The van der Waals surface area contributed by atoms with Gasteiger partial charge in [-0.15, -0.1) is 5.10 Å². The van der Waals surface area contributed by atoms with Gasteiger partial charge < -0.3 is 0 Å². The Bertz CT molecular complexity index is 685. The second-order valence-corrected chi connectivity index (χ2v) is 5.69. The molecule has 0 saturated heterocycles. The van der Waals surface area contributed by atoms with E-state index in [1.807, 2.05) is 19.1 Å². The van der Waals surface area contributed by atoms with Crippen LogP contribution in [0, 0.1) is 6.92 Å². The number of rotatable bonds is 4. The molecule has 0 spiro atoms. The predicted octanol–water partition coefficient (Wildman–Crippen LogP) is 2.18. The van der Waals surface area contributed by atoms with Crippen LogP contribution in [0.2, 0.25) is 0 Å². The van der Waals surface area contributed by atoms with Crippen molar-refractivity contribution in [2.75, 3.05) is 0 Å². The van der Waals surface area contributed by atoms with Gasteiger partial charge in [0, 0.05) is 16.5 Å². The fourth-order valence-corrected chi connectivity index (χ4v) is 2.97. The van der Waals surface area contributed by atoms with E-state index in [0.717, 1.165) is 29.6 Å². The highest BCUT2D eigenvalue weighted by Gasteiger charge is 2.28. The zero-order valence-electron chi connectivity index (χ0n) is 10.4. The molecule has 0 amide bonds. The normalized spacial score (nSPS) is 14.6. The number of aldehydes is 1. The maximum Gasteiger partial charge on any atom is 0.344 e. The van der Waals surface area contributed by atoms with E-state index in [4.69, 9.17) is 0 Å². The summed E-state index contributed by atoms with van der Waals surface area (Å²) in [6.45, 7) is 1.90. The number of hydrogen-bond donors (Lipinski definition) is 1. The minimum atomic E-state index is -0.147. The molecule has 5 nitrogen and oxygen atoms in total. The first-order chi connectivity index (χ1) is 9.19. The van der Waals surface area contributed by atoms with Crippen molar-refractivity contribution in [1.82, 2.24) is 14.8 Å². The van der Waals surface area contributed by atoms with Crippen LogP contribution in [0.3, 0.4) is 0 Å². The lowest BCUT2D eigenvalue weighted by Gasteiger charge is -2.05. The number of aromatic amines is 1. The van der Waals surface area contributed by atoms with Crippen LogP contribution in [0.1, 0.15) is 34.8 Å². The Hall–Kier alpha value is -1.82. The molecule has 1 aromatic heterocycles. The molecule has 1 aromatic carbocycles. The largest absolute Gasteiger partial charge is 0.344 e. The summed E-state index contributed by atoms with van der Waals surface area (Å²) in [5, 5.41) is 7.25. The molecule has 0 atom stereocenters. The lowest BCUT2D eigenvalue weighted by molar-refractivity contribution is 0.112. The van der Waals surface area contributed by atoms with Crippen LogP contribution >= 0.6 is 11.8 Å². The molecule has 1 heterocycles. The Morgan fingerprint density at radius 3 is 2.89 bits per heavy atom. The van der Waals surface area contributed by atoms with Gasteiger partial charge in [0.25, 0.3) is 0 Å². The number of aromatic nitrogens is 3. The van der Waals surface area contributed by atoms with Crippen molar-refractivity contribution >= 4 is 18.0 Å². The molecule has 0 unspecified atom stereocenters. The minimum absolute atomic E-state index is 0.147. The Balaban J connectivity index is 1.91. The topological polar surface area (TPSA) is 67.8 Å². The van der Waals surface area contributed by atoms with E-state index in [1.165, 1.54) is 11.8 Å². The van der Waals surface area contributed by atoms with Crippen molar-refractivity contribution in [2.24, 2.45) is 0 Å². The van der Waals surface area contributed by atoms with E-state index < -0.39 is 0 Å². The fourth-order valence-electron chi connectivity index (χ4n) is 1.97. The van der Waals surface area contributed by atoms with Crippen molar-refractivity contribution in [3.8, 4) is 0 Å². The van der Waals surface area contributed by atoms with E-state index in [0.29, 0.717) is 16.8 Å². The minimum Gasteiger partial charge on any atom is -0.298 e. The Kier molecular flexibility index (Phi) is 3.02. The second kappa shape index (κ2) is 4.70. The molecule has 19 heavy (non-hydrogen) atoms. The summed E-state index contributed by atoms with van der Waals surface area (Å²) in [7, 11) is 0. The number of H-pyrrole nitrogens is 1. The average molecular weight is 275 g/mol. The van der Waals surface area contributed by atoms with Gasteiger partial charge in [-0.25, -0.2) is 9.89 Å². The van der Waals surface area contributed by atoms with Crippen molar-refractivity contribution < 1.29 is 4.79 Å². The summed E-state index contributed by atoms with van der Waals surface area (Å²) in [5.74, 6) is 0. The molecule has 0 bridgehead atoms. The van der Waals surface area contributed by atoms with Crippen LogP contribution in [-0.4, -0.2) is 21.1 Å². The maximum atomic E-state index is 11.7. The van der Waals surface area contributed by atoms with Crippen LogP contribution in [-0.2, 0) is 0 Å². The molecule has 0 radical (unpaired) electrons. The summed E-state index contributed by atoms with van der Waals surface area (Å²) in [5.41, 5.74) is 1.47. The molecule has 1 N–H and O–H groups in total. The van der Waals surface area contributed by atoms with Gasteiger partial charge in [-0.3, -0.25) is 9.36 Å². The molecule has 98 valence electrons. The zero-order chi connectivity index (χ0) is 13.4. The summed E-state index contributed by atoms with van der Waals surface area (Å²) < 4.78 is 1.72. The molecule has 6 heteroatoms. The first kappa shape index (κ1) is 12.2. The van der Waals surface area contributed by atoms with Crippen LogP contribution in [0.25, 0.3) is 0 Å². The van der Waals surface area contributed by atoms with Gasteiger partial charge in [-0.2, -0.15) is 0 Å². The smallest absolute Gasteiger partial charge is 0.298 e. The van der Waals surface area contributed by atoms with E-state index in [1.54, 1.807) is 10.6 Å². The summed E-state index contributed by atoms with van der Waals surface area (Å²) >= 11 is 1.44. The van der Waals surface area contributed by atoms with E-state index >= 15 is 0 Å². The monoisotopic (exact) mass is 275 g/mol. The van der Waals surface area contributed by atoms with Crippen LogP contribution in [0.5, 0.6) is 0 Å². The third kappa shape index (κ3) is 2.35. The van der Waals surface area contributed by atoms with Gasteiger partial charge in [-0.05, 0) is 49.2 Å². The lowest BCUT2D eigenvalue weighted by atomic mass is 10.1. The summed E-state index contributed by atoms with van der Waals surface area (Å²) in [6, 6.07) is 5.89. The second-order valence-electron chi connectivity index (χ2n) is 4.65. The van der Waals surface area contributed by atoms with Gasteiger partial charge >= 0.3 is 5.69 Å². The number of aryl methyl sites for hydroxylation is 1. The highest BCUT2D eigenvalue weighted by atomic mass is 32.2. The highest BCUT2D eigenvalue weighted by Crippen LogP contribution is 2.37. The van der Waals surface area contributed by atoms with E-state index in [9.17, 15) is 9.59 Å². The summed E-state index contributed by atoms with van der Waals surface area (Å²) in [6.07, 6.45) is 2.92. The fraction of sp³-hybridized carbons (Fsp3) is 0.308. The Morgan fingerprint density at radius 1 is 1.47 bits per heavy atom. The van der Waals surface area contributed by atoms with Crippen molar-refractivity contribution in [2.45, 2.75) is 35.9 Å². The molecule has 3 rings (SSSR count). The van der Waals surface area contributed by atoms with Gasteiger partial charge in [0.2, 0.25) is 0 Å². The molecule has 0 aliphatic heterocycles. The van der Waals surface area contributed by atoms with E-state index in [-0.39, 0.29) is 5.69 Å². The molecular formula is C13H13N3O2S. The average Bonchev–Trinajstić information content (AvgIpc) is 3.15. The molecule has 1 aliphatic rings. The van der Waals surface area contributed by atoms with E-state index in [2.05, 4.69) is 10.2 Å². The van der Waals surface area contributed by atoms with Crippen LogP contribution in [0.4, 0.5) is 0 Å². The van der Waals surface area contributed by atoms with Crippen molar-refractivity contribution in [3.05, 3.63) is 39.8 Å². The molecule has 1 fully saturated rings. The van der Waals surface area contributed by atoms with Crippen molar-refractivity contribution in [3.63, 3.8) is 0 Å². The van der Waals surface area contributed by atoms with Crippen LogP contribution < -0.4 is 5.69 Å². The standard InChI is InChI=1S/C13H13N3O2S/c1-8-6-11(5-2-9(8)7-17)19-13-15-14-12(18)16(13)10-3-4-10/h2,5-7,10H,3-4H2,1H3,(H,14,18). The van der Waals surface area contributed by atoms with Gasteiger partial charge in [0.05, 0.1) is 0 Å². The quantitative estimate of drug-likeness (QED) is 0.868. The van der Waals surface area contributed by atoms with Gasteiger partial charge in [0.1, 0.15) is 6.29 Å². The number of carbonyl (C=O) groups excluding carboxylic acids is 1. The molecular weight excluding hydrogens is 262 g/mol. The first-order valence-corrected chi connectivity index (χ1v) is 6.91. The highest BCUT2D eigenvalue weighted by molar-refractivity contribution is 7.99. The van der Waals surface area contributed by atoms with Gasteiger partial charge in [0.15, 0.2) is 5.16 Å². The number of hydrogen-bond acceptors (Lipinski definition) is 4. The first-order valence-electron chi connectivity index (χ1n) is 6.09. The predicted molar refractivity (Wildman–Crippen MR) is 71.8 cm³/mol. The maximum absolute atomic E-state index is 11.7.